The maximum atomic E-state index is 12.0. The fourth-order valence-corrected chi connectivity index (χ4v) is 3.37. The minimum absolute atomic E-state index is 0.492. The number of esters is 1. The van der Waals surface area contributed by atoms with Crippen molar-refractivity contribution in [3.8, 4) is 0 Å². The molecule has 23 heavy (non-hydrogen) atoms. The Hall–Kier alpha value is -1.84. The number of carboxylic acids is 1. The topological polar surface area (TPSA) is 63.6 Å². The number of benzene rings is 1. The molecule has 0 heterocycles. The van der Waals surface area contributed by atoms with Crippen LogP contribution in [0.15, 0.2) is 24.3 Å². The number of ether oxygens (including phenoxy) is 1. The third kappa shape index (κ3) is 6.05. The van der Waals surface area contributed by atoms with Crippen molar-refractivity contribution in [2.45, 2.75) is 57.8 Å². The summed E-state index contributed by atoms with van der Waals surface area (Å²) >= 11 is 0. The summed E-state index contributed by atoms with van der Waals surface area (Å²) < 4.78 is 4.79. The number of hydrogen-bond acceptors (Lipinski definition) is 3. The smallest absolute Gasteiger partial charge is 0.341 e. The van der Waals surface area contributed by atoms with Crippen LogP contribution in [0.1, 0.15) is 67.3 Å². The van der Waals surface area contributed by atoms with Gasteiger partial charge in [0, 0.05) is 0 Å². The highest BCUT2D eigenvalue weighted by atomic mass is 16.5. The zero-order valence-corrected chi connectivity index (χ0v) is 13.6. The second kappa shape index (κ2) is 9.33. The Labute approximate surface area is 137 Å². The minimum atomic E-state index is -1.14. The van der Waals surface area contributed by atoms with E-state index in [1.807, 2.05) is 12.1 Å². The van der Waals surface area contributed by atoms with Crippen LogP contribution in [-0.4, -0.2) is 23.7 Å². The molecule has 0 bridgehead atoms. The molecule has 1 aromatic rings. The lowest BCUT2D eigenvalue weighted by Gasteiger charge is -2.21. The predicted octanol–water partition coefficient (Wildman–Crippen LogP) is 4.22. The van der Waals surface area contributed by atoms with Gasteiger partial charge in [0.1, 0.15) is 0 Å². The highest BCUT2D eigenvalue weighted by Crippen LogP contribution is 2.28. The molecular formula is C19H26O4. The summed E-state index contributed by atoms with van der Waals surface area (Å²) in [5.74, 6) is -0.793. The van der Waals surface area contributed by atoms with Crippen LogP contribution in [0, 0.1) is 5.92 Å². The first-order chi connectivity index (χ1) is 11.2. The van der Waals surface area contributed by atoms with Crippen LogP contribution >= 0.6 is 0 Å². The van der Waals surface area contributed by atoms with Crippen LogP contribution in [0.25, 0.3) is 0 Å². The number of aryl methyl sites for hydroxylation is 1. The molecule has 0 radical (unpaired) electrons. The molecule has 0 saturated heterocycles. The summed E-state index contributed by atoms with van der Waals surface area (Å²) in [7, 11) is 0. The van der Waals surface area contributed by atoms with E-state index < -0.39 is 18.5 Å². The first-order valence-corrected chi connectivity index (χ1v) is 8.63. The van der Waals surface area contributed by atoms with E-state index in [2.05, 4.69) is 0 Å². The molecule has 0 aromatic heterocycles. The lowest BCUT2D eigenvalue weighted by atomic mass is 9.85. The van der Waals surface area contributed by atoms with E-state index in [1.54, 1.807) is 12.1 Å². The maximum Gasteiger partial charge on any atom is 0.341 e. The Bertz CT molecular complexity index is 518. The molecule has 126 valence electrons. The summed E-state index contributed by atoms with van der Waals surface area (Å²) in [5.41, 5.74) is 1.44. The summed E-state index contributed by atoms with van der Waals surface area (Å²) in [6.07, 6.45) is 11.3. The molecule has 1 saturated carbocycles. The molecule has 1 aliphatic carbocycles. The van der Waals surface area contributed by atoms with Crippen molar-refractivity contribution in [2.75, 3.05) is 6.61 Å². The van der Waals surface area contributed by atoms with E-state index in [4.69, 9.17) is 9.84 Å². The van der Waals surface area contributed by atoms with Crippen LogP contribution in [0.3, 0.4) is 0 Å². The lowest BCUT2D eigenvalue weighted by Crippen LogP contribution is -2.14. The summed E-state index contributed by atoms with van der Waals surface area (Å²) in [5, 5.41) is 8.60. The van der Waals surface area contributed by atoms with Gasteiger partial charge in [-0.05, 0) is 30.4 Å². The highest BCUT2D eigenvalue weighted by Gasteiger charge is 2.15. The number of unbranched alkanes of at least 4 members (excludes halogenated alkanes) is 1. The Kier molecular flexibility index (Phi) is 7.11. The molecule has 0 atom stereocenters. The summed E-state index contributed by atoms with van der Waals surface area (Å²) in [6.45, 7) is -0.588. The Morgan fingerprint density at radius 3 is 2.57 bits per heavy atom. The first-order valence-electron chi connectivity index (χ1n) is 8.63. The van der Waals surface area contributed by atoms with E-state index in [0.29, 0.717) is 5.56 Å². The van der Waals surface area contributed by atoms with Gasteiger partial charge in [0.25, 0.3) is 0 Å². The molecule has 2 rings (SSSR count). The Morgan fingerprint density at radius 2 is 1.83 bits per heavy atom. The zero-order chi connectivity index (χ0) is 16.5. The van der Waals surface area contributed by atoms with Crippen molar-refractivity contribution in [2.24, 2.45) is 5.92 Å². The standard InChI is InChI=1S/C19H26O4/c20-18(21)14-23-19(22)17-13-7-6-12-16(17)11-5-4-10-15-8-2-1-3-9-15/h6-7,12-13,15H,1-5,8-11,14H2,(H,20,21). The fourth-order valence-electron chi connectivity index (χ4n) is 3.37. The van der Waals surface area contributed by atoms with Gasteiger partial charge in [-0.2, -0.15) is 0 Å². The quantitative estimate of drug-likeness (QED) is 0.576. The molecule has 0 unspecified atom stereocenters. The van der Waals surface area contributed by atoms with Crippen molar-refractivity contribution < 1.29 is 19.4 Å². The van der Waals surface area contributed by atoms with Crippen LogP contribution in [0.2, 0.25) is 0 Å². The number of aliphatic carboxylic acids is 1. The van der Waals surface area contributed by atoms with Crippen LogP contribution in [0.5, 0.6) is 0 Å². The van der Waals surface area contributed by atoms with Crippen LogP contribution in [-0.2, 0) is 16.0 Å². The van der Waals surface area contributed by atoms with Gasteiger partial charge in [0.2, 0.25) is 0 Å². The van der Waals surface area contributed by atoms with Gasteiger partial charge >= 0.3 is 11.9 Å². The molecular weight excluding hydrogens is 292 g/mol. The Balaban J connectivity index is 1.80. The van der Waals surface area contributed by atoms with E-state index in [9.17, 15) is 9.59 Å². The number of carbonyl (C=O) groups excluding carboxylic acids is 1. The molecule has 4 nitrogen and oxygen atoms in total. The average molecular weight is 318 g/mol. The number of rotatable bonds is 8. The van der Waals surface area contributed by atoms with Crippen LogP contribution < -0.4 is 0 Å². The molecule has 1 aromatic carbocycles. The van der Waals surface area contributed by atoms with Gasteiger partial charge in [-0.1, -0.05) is 63.1 Å². The Morgan fingerprint density at radius 1 is 1.09 bits per heavy atom. The first kappa shape index (κ1) is 17.5. The third-order valence-corrected chi connectivity index (χ3v) is 4.60. The second-order valence-electron chi connectivity index (χ2n) is 6.38. The predicted molar refractivity (Wildman–Crippen MR) is 88.5 cm³/mol. The van der Waals surface area contributed by atoms with Gasteiger partial charge in [-0.25, -0.2) is 9.59 Å². The monoisotopic (exact) mass is 318 g/mol. The summed E-state index contributed by atoms with van der Waals surface area (Å²) in [6, 6.07) is 7.33. The number of carboxylic acid groups (broad SMARTS) is 1. The van der Waals surface area contributed by atoms with Crippen molar-refractivity contribution >= 4 is 11.9 Å². The van der Waals surface area contributed by atoms with E-state index in [1.165, 1.54) is 44.9 Å². The largest absolute Gasteiger partial charge is 0.479 e. The molecule has 0 amide bonds. The number of carbonyl (C=O) groups is 2. The van der Waals surface area contributed by atoms with Crippen LogP contribution in [0.4, 0.5) is 0 Å². The number of hydrogen-bond donors (Lipinski definition) is 1. The lowest BCUT2D eigenvalue weighted by molar-refractivity contribution is -0.140. The maximum absolute atomic E-state index is 12.0. The molecule has 1 aliphatic rings. The third-order valence-electron chi connectivity index (χ3n) is 4.60. The van der Waals surface area contributed by atoms with Crippen molar-refractivity contribution in [1.29, 1.82) is 0 Å². The van der Waals surface area contributed by atoms with Crippen molar-refractivity contribution in [1.82, 2.24) is 0 Å². The summed E-state index contributed by atoms with van der Waals surface area (Å²) in [4.78, 5) is 22.5. The average Bonchev–Trinajstić information content (AvgIpc) is 2.58. The SMILES string of the molecule is O=C(O)COC(=O)c1ccccc1CCCCC1CCCCC1. The molecule has 4 heteroatoms. The molecule has 1 N–H and O–H groups in total. The normalized spacial score (nSPS) is 15.3. The van der Waals surface area contributed by atoms with Gasteiger partial charge < -0.3 is 9.84 Å². The van der Waals surface area contributed by atoms with Gasteiger partial charge in [0.05, 0.1) is 5.56 Å². The van der Waals surface area contributed by atoms with E-state index in [-0.39, 0.29) is 0 Å². The van der Waals surface area contributed by atoms with Crippen molar-refractivity contribution in [3.63, 3.8) is 0 Å². The van der Waals surface area contributed by atoms with Crippen molar-refractivity contribution in [3.05, 3.63) is 35.4 Å². The van der Waals surface area contributed by atoms with Gasteiger partial charge in [0.15, 0.2) is 6.61 Å². The van der Waals surface area contributed by atoms with Gasteiger partial charge in [-0.3, -0.25) is 0 Å². The molecule has 0 aliphatic heterocycles. The highest BCUT2D eigenvalue weighted by molar-refractivity contribution is 5.92. The zero-order valence-electron chi connectivity index (χ0n) is 13.6. The van der Waals surface area contributed by atoms with E-state index >= 15 is 0 Å². The van der Waals surface area contributed by atoms with E-state index in [0.717, 1.165) is 24.3 Å². The second-order valence-corrected chi connectivity index (χ2v) is 6.38. The van der Waals surface area contributed by atoms with Gasteiger partial charge in [-0.15, -0.1) is 0 Å². The minimum Gasteiger partial charge on any atom is -0.479 e. The molecule has 1 fully saturated rings. The fraction of sp³-hybridized carbons (Fsp3) is 0.579. The molecule has 0 spiro atoms.